The molecule has 1 unspecified atom stereocenters. The molecular formula is C13H20N2O3. The van der Waals surface area contributed by atoms with Gasteiger partial charge in [0.15, 0.2) is 0 Å². The van der Waals surface area contributed by atoms with Gasteiger partial charge < -0.3 is 20.5 Å². The Morgan fingerprint density at radius 3 is 2.94 bits per heavy atom. The quantitative estimate of drug-likeness (QED) is 0.692. The van der Waals surface area contributed by atoms with Crippen molar-refractivity contribution in [2.45, 2.75) is 13.0 Å². The van der Waals surface area contributed by atoms with E-state index in [2.05, 4.69) is 5.32 Å². The minimum atomic E-state index is -0.631. The lowest BCUT2D eigenvalue weighted by molar-refractivity contribution is -0.123. The number of nitrogens with one attached hydrogen (secondary N) is 1. The molecule has 0 saturated carbocycles. The normalized spacial score (nSPS) is 11.9. The molecule has 5 heteroatoms. The second-order valence-corrected chi connectivity index (χ2v) is 4.02. The standard InChI is InChI=1S/C13H20N2O3/c1-10-4-3-5-11(8-10)18-7-6-15-13(16)12(14)9-17-2/h3-5,8,12H,6-7,9,14H2,1-2H3,(H,15,16). The second kappa shape index (κ2) is 7.68. The van der Waals surface area contributed by atoms with E-state index < -0.39 is 6.04 Å². The summed E-state index contributed by atoms with van der Waals surface area (Å²) in [6.45, 7) is 3.04. The average molecular weight is 252 g/mol. The summed E-state index contributed by atoms with van der Waals surface area (Å²) in [5.74, 6) is 0.565. The first-order valence-electron chi connectivity index (χ1n) is 5.85. The molecular weight excluding hydrogens is 232 g/mol. The molecule has 1 aromatic rings. The number of ether oxygens (including phenoxy) is 2. The van der Waals surface area contributed by atoms with Gasteiger partial charge in [-0.05, 0) is 24.6 Å². The Labute approximate surface area is 107 Å². The van der Waals surface area contributed by atoms with E-state index in [4.69, 9.17) is 15.2 Å². The highest BCUT2D eigenvalue weighted by Crippen LogP contribution is 2.11. The zero-order chi connectivity index (χ0) is 13.4. The fourth-order valence-electron chi connectivity index (χ4n) is 1.43. The van der Waals surface area contributed by atoms with Crippen LogP contribution in [0.2, 0.25) is 0 Å². The van der Waals surface area contributed by atoms with Crippen LogP contribution in [0.25, 0.3) is 0 Å². The Morgan fingerprint density at radius 1 is 1.50 bits per heavy atom. The van der Waals surface area contributed by atoms with E-state index in [1.54, 1.807) is 0 Å². The van der Waals surface area contributed by atoms with Crippen LogP contribution in [0.1, 0.15) is 5.56 Å². The lowest BCUT2D eigenvalue weighted by Gasteiger charge is -2.12. The molecule has 0 aromatic heterocycles. The van der Waals surface area contributed by atoms with Crippen molar-refractivity contribution in [2.24, 2.45) is 5.73 Å². The summed E-state index contributed by atoms with van der Waals surface area (Å²) in [6, 6.07) is 7.12. The topological polar surface area (TPSA) is 73.6 Å². The second-order valence-electron chi connectivity index (χ2n) is 4.02. The third kappa shape index (κ3) is 5.16. The summed E-state index contributed by atoms with van der Waals surface area (Å²) in [5, 5.41) is 2.68. The van der Waals surface area contributed by atoms with E-state index in [0.717, 1.165) is 11.3 Å². The van der Waals surface area contributed by atoms with Crippen molar-refractivity contribution >= 4 is 5.91 Å². The van der Waals surface area contributed by atoms with Crippen molar-refractivity contribution in [1.82, 2.24) is 5.32 Å². The highest BCUT2D eigenvalue weighted by molar-refractivity contribution is 5.81. The molecule has 1 atom stereocenters. The first-order valence-corrected chi connectivity index (χ1v) is 5.85. The number of hydrogen-bond donors (Lipinski definition) is 2. The van der Waals surface area contributed by atoms with Crippen molar-refractivity contribution in [3.63, 3.8) is 0 Å². The van der Waals surface area contributed by atoms with Crippen LogP contribution in [0.15, 0.2) is 24.3 Å². The van der Waals surface area contributed by atoms with Gasteiger partial charge in [-0.3, -0.25) is 4.79 Å². The van der Waals surface area contributed by atoms with Gasteiger partial charge >= 0.3 is 0 Å². The van der Waals surface area contributed by atoms with E-state index in [1.165, 1.54) is 7.11 Å². The molecule has 0 saturated heterocycles. The molecule has 0 spiro atoms. The molecule has 100 valence electrons. The van der Waals surface area contributed by atoms with Gasteiger partial charge in [0.05, 0.1) is 13.2 Å². The van der Waals surface area contributed by atoms with Gasteiger partial charge in [-0.1, -0.05) is 12.1 Å². The van der Waals surface area contributed by atoms with Crippen molar-refractivity contribution in [3.8, 4) is 5.75 Å². The number of aryl methyl sites for hydroxylation is 1. The molecule has 0 aliphatic rings. The maximum atomic E-state index is 11.4. The zero-order valence-electron chi connectivity index (χ0n) is 10.8. The highest BCUT2D eigenvalue weighted by atomic mass is 16.5. The van der Waals surface area contributed by atoms with E-state index in [-0.39, 0.29) is 12.5 Å². The van der Waals surface area contributed by atoms with Gasteiger partial charge in [-0.2, -0.15) is 0 Å². The van der Waals surface area contributed by atoms with Gasteiger partial charge in [0, 0.05) is 7.11 Å². The summed E-state index contributed by atoms with van der Waals surface area (Å²) in [4.78, 5) is 11.4. The molecule has 0 bridgehead atoms. The van der Waals surface area contributed by atoms with E-state index in [1.807, 2.05) is 31.2 Å². The molecule has 1 amide bonds. The first kappa shape index (κ1) is 14.5. The molecule has 1 aromatic carbocycles. The molecule has 0 aliphatic heterocycles. The summed E-state index contributed by atoms with van der Waals surface area (Å²) in [5.41, 5.74) is 6.70. The number of hydrogen-bond acceptors (Lipinski definition) is 4. The predicted molar refractivity (Wildman–Crippen MR) is 69.5 cm³/mol. The highest BCUT2D eigenvalue weighted by Gasteiger charge is 2.11. The number of benzene rings is 1. The van der Waals surface area contributed by atoms with E-state index >= 15 is 0 Å². The Bertz CT molecular complexity index is 382. The number of carbonyl (C=O) groups excluding carboxylic acids is 1. The monoisotopic (exact) mass is 252 g/mol. The molecule has 0 radical (unpaired) electrons. The Hall–Kier alpha value is -1.59. The number of carbonyl (C=O) groups is 1. The Balaban J connectivity index is 2.21. The van der Waals surface area contributed by atoms with Crippen LogP contribution in [-0.2, 0) is 9.53 Å². The van der Waals surface area contributed by atoms with Crippen molar-refractivity contribution in [3.05, 3.63) is 29.8 Å². The van der Waals surface area contributed by atoms with Gasteiger partial charge in [-0.25, -0.2) is 0 Å². The number of methoxy groups -OCH3 is 1. The van der Waals surface area contributed by atoms with Crippen LogP contribution >= 0.6 is 0 Å². The van der Waals surface area contributed by atoms with Gasteiger partial charge in [0.1, 0.15) is 18.4 Å². The zero-order valence-corrected chi connectivity index (χ0v) is 10.8. The molecule has 18 heavy (non-hydrogen) atoms. The summed E-state index contributed by atoms with van der Waals surface area (Å²) in [7, 11) is 1.51. The van der Waals surface area contributed by atoms with Gasteiger partial charge in [-0.15, -0.1) is 0 Å². The summed E-state index contributed by atoms with van der Waals surface area (Å²) >= 11 is 0. The third-order valence-electron chi connectivity index (χ3n) is 2.34. The maximum absolute atomic E-state index is 11.4. The van der Waals surface area contributed by atoms with Crippen LogP contribution in [-0.4, -0.2) is 38.8 Å². The van der Waals surface area contributed by atoms with Crippen molar-refractivity contribution in [2.75, 3.05) is 26.9 Å². The van der Waals surface area contributed by atoms with Crippen LogP contribution in [0.5, 0.6) is 5.75 Å². The smallest absolute Gasteiger partial charge is 0.239 e. The largest absolute Gasteiger partial charge is 0.492 e. The molecule has 0 fully saturated rings. The van der Waals surface area contributed by atoms with Crippen LogP contribution in [0.4, 0.5) is 0 Å². The summed E-state index contributed by atoms with van der Waals surface area (Å²) in [6.07, 6.45) is 0. The lowest BCUT2D eigenvalue weighted by atomic mass is 10.2. The van der Waals surface area contributed by atoms with Crippen molar-refractivity contribution in [1.29, 1.82) is 0 Å². The van der Waals surface area contributed by atoms with E-state index in [0.29, 0.717) is 13.2 Å². The van der Waals surface area contributed by atoms with Crippen molar-refractivity contribution < 1.29 is 14.3 Å². The fraction of sp³-hybridized carbons (Fsp3) is 0.462. The van der Waals surface area contributed by atoms with Gasteiger partial charge in [0.2, 0.25) is 5.91 Å². The average Bonchev–Trinajstić information content (AvgIpc) is 2.35. The van der Waals surface area contributed by atoms with Crippen LogP contribution in [0, 0.1) is 6.92 Å². The molecule has 0 aliphatic carbocycles. The molecule has 3 N–H and O–H groups in total. The van der Waals surface area contributed by atoms with Gasteiger partial charge in [0.25, 0.3) is 0 Å². The molecule has 0 heterocycles. The Kier molecular flexibility index (Phi) is 6.18. The minimum Gasteiger partial charge on any atom is -0.492 e. The number of amides is 1. The molecule has 5 nitrogen and oxygen atoms in total. The maximum Gasteiger partial charge on any atom is 0.239 e. The minimum absolute atomic E-state index is 0.213. The number of nitrogens with two attached hydrogens (primary N) is 1. The predicted octanol–water partition coefficient (Wildman–Crippen LogP) is 0.464. The molecule has 1 rings (SSSR count). The lowest BCUT2D eigenvalue weighted by Crippen LogP contribution is -2.44. The number of rotatable bonds is 7. The van der Waals surface area contributed by atoms with Crippen LogP contribution in [0.3, 0.4) is 0 Å². The van der Waals surface area contributed by atoms with Crippen LogP contribution < -0.4 is 15.8 Å². The Morgan fingerprint density at radius 2 is 2.28 bits per heavy atom. The SMILES string of the molecule is COCC(N)C(=O)NCCOc1cccc(C)c1. The summed E-state index contributed by atoms with van der Waals surface area (Å²) < 4.78 is 10.3. The fourth-order valence-corrected chi connectivity index (χ4v) is 1.43. The first-order chi connectivity index (χ1) is 8.63. The third-order valence-corrected chi connectivity index (χ3v) is 2.34. The van der Waals surface area contributed by atoms with E-state index in [9.17, 15) is 4.79 Å².